The van der Waals surface area contributed by atoms with E-state index in [0.29, 0.717) is 17.3 Å². The highest BCUT2D eigenvalue weighted by Crippen LogP contribution is 2.30. The van der Waals surface area contributed by atoms with Gasteiger partial charge in [0.2, 0.25) is 0 Å². The molecule has 36 heavy (non-hydrogen) atoms. The third-order valence-electron chi connectivity index (χ3n) is 6.03. The molecule has 5 rings (SSSR count). The Morgan fingerprint density at radius 3 is 2.56 bits per heavy atom. The minimum atomic E-state index is -0.611. The van der Waals surface area contributed by atoms with Crippen molar-refractivity contribution in [3.63, 3.8) is 0 Å². The predicted molar refractivity (Wildman–Crippen MR) is 138 cm³/mol. The van der Waals surface area contributed by atoms with Gasteiger partial charge in [0.15, 0.2) is 0 Å². The maximum Gasteiger partial charge on any atom is 0.316 e. The Balaban J connectivity index is 1.23. The molecule has 1 aliphatic heterocycles. The second-order valence-corrected chi connectivity index (χ2v) is 10.2. The average Bonchev–Trinajstić information content (AvgIpc) is 3.26. The van der Waals surface area contributed by atoms with Crippen molar-refractivity contribution in [3.05, 3.63) is 76.2 Å². The van der Waals surface area contributed by atoms with Crippen LogP contribution in [0.3, 0.4) is 0 Å². The van der Waals surface area contributed by atoms with Gasteiger partial charge >= 0.3 is 6.01 Å². The van der Waals surface area contributed by atoms with Crippen LogP contribution in [0.1, 0.15) is 47.3 Å². The highest BCUT2D eigenvalue weighted by Gasteiger charge is 2.23. The van der Waals surface area contributed by atoms with Crippen LogP contribution in [-0.2, 0) is 17.9 Å². The summed E-state index contributed by atoms with van der Waals surface area (Å²) in [6.45, 7) is 9.32. The van der Waals surface area contributed by atoms with Gasteiger partial charge in [-0.2, -0.15) is 10.2 Å². The lowest BCUT2D eigenvalue weighted by molar-refractivity contribution is -0.0704. The normalized spacial score (nSPS) is 19.2. The van der Waals surface area contributed by atoms with Crippen LogP contribution in [0.4, 0.5) is 0 Å². The largest absolute Gasteiger partial charge is 0.459 e. The Morgan fingerprint density at radius 1 is 1.06 bits per heavy atom. The van der Waals surface area contributed by atoms with Gasteiger partial charge in [-0.25, -0.2) is 15.0 Å². The number of fused-ring (bicyclic) bond motifs is 1. The number of aryl methyl sites for hydroxylation is 1. The number of ether oxygens (including phenoxy) is 2. The molecule has 8 nitrogen and oxygen atoms in total. The number of nitrogens with zero attached hydrogens (tertiary/aromatic N) is 6. The Bertz CT molecular complexity index is 1370. The minimum Gasteiger partial charge on any atom is -0.459 e. The molecule has 184 valence electrons. The van der Waals surface area contributed by atoms with Crippen LogP contribution in [-0.4, -0.2) is 50.1 Å². The highest BCUT2D eigenvalue weighted by molar-refractivity contribution is 7.18. The quantitative estimate of drug-likeness (QED) is 0.362. The molecule has 3 unspecified atom stereocenters. The van der Waals surface area contributed by atoms with Crippen molar-refractivity contribution in [2.24, 2.45) is 0 Å². The summed E-state index contributed by atoms with van der Waals surface area (Å²) in [6, 6.07) is 16.5. The van der Waals surface area contributed by atoms with Crippen molar-refractivity contribution in [2.75, 3.05) is 13.1 Å². The van der Waals surface area contributed by atoms with Gasteiger partial charge in [0, 0.05) is 31.5 Å². The number of rotatable bonds is 7. The van der Waals surface area contributed by atoms with Crippen LogP contribution in [0.5, 0.6) is 6.01 Å². The molecule has 4 aromatic rings. The SMILES string of the molecule is Cc1ccc2nc(C(C#N)c3ccnc(OCc4ccc(CN5CC(C)OC(C)C5)cc4)n3)sc2n1. The van der Waals surface area contributed by atoms with Crippen molar-refractivity contribution in [1.82, 2.24) is 24.8 Å². The molecule has 3 aromatic heterocycles. The molecule has 4 heterocycles. The van der Waals surface area contributed by atoms with Crippen LogP contribution in [0.25, 0.3) is 10.3 Å². The Kier molecular flexibility index (Phi) is 7.18. The van der Waals surface area contributed by atoms with Crippen molar-refractivity contribution < 1.29 is 9.47 Å². The van der Waals surface area contributed by atoms with Crippen LogP contribution in [0, 0.1) is 18.3 Å². The summed E-state index contributed by atoms with van der Waals surface area (Å²) >= 11 is 1.41. The number of nitriles is 1. The third kappa shape index (κ3) is 5.68. The predicted octanol–water partition coefficient (Wildman–Crippen LogP) is 4.63. The first-order valence-corrected chi connectivity index (χ1v) is 12.8. The van der Waals surface area contributed by atoms with E-state index in [9.17, 15) is 5.26 Å². The molecule has 0 aliphatic carbocycles. The standard InChI is InChI=1S/C27H28N6O2S/c1-17-4-9-24-26(30-17)36-25(31-24)22(12-28)23-10-11-29-27(32-23)34-16-21-7-5-20(6-8-21)15-33-13-18(2)35-19(3)14-33/h4-11,18-19,22H,13-16H2,1-3H3. The average molecular weight is 501 g/mol. The van der Waals surface area contributed by atoms with E-state index < -0.39 is 5.92 Å². The first-order chi connectivity index (χ1) is 17.5. The zero-order chi connectivity index (χ0) is 25.1. The molecule has 3 atom stereocenters. The lowest BCUT2D eigenvalue weighted by atomic mass is 10.1. The number of pyridine rings is 1. The van der Waals surface area contributed by atoms with Crippen LogP contribution >= 0.6 is 11.3 Å². The lowest BCUT2D eigenvalue weighted by Crippen LogP contribution is -2.44. The monoisotopic (exact) mass is 500 g/mol. The molecule has 0 radical (unpaired) electrons. The van der Waals surface area contributed by atoms with Gasteiger partial charge in [-0.1, -0.05) is 35.6 Å². The summed E-state index contributed by atoms with van der Waals surface area (Å²) in [5, 5.41) is 10.5. The fourth-order valence-electron chi connectivity index (χ4n) is 4.44. The van der Waals surface area contributed by atoms with Gasteiger partial charge < -0.3 is 9.47 Å². The Hall–Kier alpha value is -3.45. The van der Waals surface area contributed by atoms with E-state index in [4.69, 9.17) is 9.47 Å². The molecule has 1 aliphatic rings. The van der Waals surface area contributed by atoms with Gasteiger partial charge in [0.05, 0.1) is 24.0 Å². The number of morpholine rings is 1. The van der Waals surface area contributed by atoms with Gasteiger partial charge in [-0.3, -0.25) is 4.90 Å². The van der Waals surface area contributed by atoms with E-state index in [1.807, 2.05) is 19.1 Å². The lowest BCUT2D eigenvalue weighted by Gasteiger charge is -2.35. The van der Waals surface area contributed by atoms with E-state index in [1.165, 1.54) is 16.9 Å². The van der Waals surface area contributed by atoms with Crippen LogP contribution < -0.4 is 4.74 Å². The first kappa shape index (κ1) is 24.3. The van der Waals surface area contributed by atoms with Crippen LogP contribution in [0.2, 0.25) is 0 Å². The molecule has 0 spiro atoms. The molecule has 9 heteroatoms. The van der Waals surface area contributed by atoms with Gasteiger partial charge in [-0.15, -0.1) is 0 Å². The third-order valence-corrected chi connectivity index (χ3v) is 7.06. The topological polar surface area (TPSA) is 97.0 Å². The van der Waals surface area contributed by atoms with Crippen molar-refractivity contribution in [2.45, 2.75) is 52.0 Å². The van der Waals surface area contributed by atoms with Crippen molar-refractivity contribution in [3.8, 4) is 12.1 Å². The summed E-state index contributed by atoms with van der Waals surface area (Å²) in [5.74, 6) is -0.611. The minimum absolute atomic E-state index is 0.239. The van der Waals surface area contributed by atoms with Crippen LogP contribution in [0.15, 0.2) is 48.7 Å². The fourth-order valence-corrected chi connectivity index (χ4v) is 5.48. The second-order valence-electron chi connectivity index (χ2n) is 9.21. The molecule has 0 bridgehead atoms. The fraction of sp³-hybridized carbons (Fsp3) is 0.370. The molecule has 1 aromatic carbocycles. The summed E-state index contributed by atoms with van der Waals surface area (Å²) in [6.07, 6.45) is 2.13. The van der Waals surface area contributed by atoms with E-state index in [0.717, 1.165) is 41.2 Å². The number of aromatic nitrogens is 4. The van der Waals surface area contributed by atoms with E-state index >= 15 is 0 Å². The van der Waals surface area contributed by atoms with Gasteiger partial charge in [0.25, 0.3) is 0 Å². The number of thiazole rings is 1. The maximum absolute atomic E-state index is 9.87. The number of hydrogen-bond donors (Lipinski definition) is 0. The number of benzene rings is 1. The molecule has 0 amide bonds. The van der Waals surface area contributed by atoms with Gasteiger partial charge in [0.1, 0.15) is 27.9 Å². The van der Waals surface area contributed by atoms with E-state index in [-0.39, 0.29) is 18.2 Å². The van der Waals surface area contributed by atoms with Crippen molar-refractivity contribution >= 4 is 21.7 Å². The molecule has 1 saturated heterocycles. The smallest absolute Gasteiger partial charge is 0.316 e. The summed E-state index contributed by atoms with van der Waals surface area (Å²) < 4.78 is 11.7. The summed E-state index contributed by atoms with van der Waals surface area (Å²) in [7, 11) is 0. The summed E-state index contributed by atoms with van der Waals surface area (Å²) in [4.78, 5) is 21.1. The summed E-state index contributed by atoms with van der Waals surface area (Å²) in [5.41, 5.74) is 4.55. The molecular weight excluding hydrogens is 472 g/mol. The Labute approximate surface area is 214 Å². The maximum atomic E-state index is 9.87. The molecule has 0 saturated carbocycles. The van der Waals surface area contributed by atoms with E-state index in [2.05, 4.69) is 69.0 Å². The van der Waals surface area contributed by atoms with Gasteiger partial charge in [-0.05, 0) is 50.1 Å². The van der Waals surface area contributed by atoms with E-state index in [1.54, 1.807) is 12.3 Å². The van der Waals surface area contributed by atoms with Crippen molar-refractivity contribution in [1.29, 1.82) is 5.26 Å². The molecule has 0 N–H and O–H groups in total. The second kappa shape index (κ2) is 10.7. The zero-order valence-electron chi connectivity index (χ0n) is 20.6. The highest BCUT2D eigenvalue weighted by atomic mass is 32.1. The first-order valence-electron chi connectivity index (χ1n) is 12.0. The Morgan fingerprint density at radius 2 is 1.81 bits per heavy atom. The molecular formula is C27H28N6O2S. The zero-order valence-corrected chi connectivity index (χ0v) is 21.4. The molecule has 1 fully saturated rings. The number of hydrogen-bond acceptors (Lipinski definition) is 9.